The number of fused-ring (bicyclic) bond motifs is 2. The third-order valence-electron chi connectivity index (χ3n) is 4.95. The molecule has 0 aliphatic carbocycles. The van der Waals surface area contributed by atoms with E-state index in [2.05, 4.69) is 9.97 Å². The SMILES string of the molecule is COc1cccc(N=c2oc3ccc(OC)cc3cc2-c2[nH]c3ccccc3[nH+]2)c1. The van der Waals surface area contributed by atoms with Gasteiger partial charge in [0.15, 0.2) is 11.0 Å². The second kappa shape index (κ2) is 7.40. The Kier molecular flexibility index (Phi) is 4.44. The number of ether oxygens (including phenoxy) is 2. The maximum absolute atomic E-state index is 6.22. The number of rotatable bonds is 4. The first-order chi connectivity index (χ1) is 14.7. The van der Waals surface area contributed by atoms with Crippen LogP contribution in [0, 0.1) is 0 Å². The van der Waals surface area contributed by atoms with Gasteiger partial charge < -0.3 is 13.9 Å². The van der Waals surface area contributed by atoms with Gasteiger partial charge in [0.1, 0.15) is 22.6 Å². The number of methoxy groups -OCH3 is 2. The Bertz CT molecular complexity index is 1400. The zero-order chi connectivity index (χ0) is 20.5. The molecule has 5 rings (SSSR count). The molecule has 2 heterocycles. The van der Waals surface area contributed by atoms with Gasteiger partial charge in [-0.3, -0.25) is 0 Å². The number of nitrogens with zero attached hydrogens (tertiary/aromatic N) is 1. The molecule has 0 saturated heterocycles. The summed E-state index contributed by atoms with van der Waals surface area (Å²) in [6.07, 6.45) is 0. The topological polar surface area (TPSA) is 73.9 Å². The van der Waals surface area contributed by atoms with Crippen LogP contribution in [0.15, 0.2) is 82.2 Å². The highest BCUT2D eigenvalue weighted by molar-refractivity contribution is 5.82. The maximum atomic E-state index is 6.22. The highest BCUT2D eigenvalue weighted by Crippen LogP contribution is 2.25. The largest absolute Gasteiger partial charge is 0.497 e. The van der Waals surface area contributed by atoms with Gasteiger partial charge in [-0.25, -0.2) is 15.0 Å². The number of aromatic nitrogens is 2. The summed E-state index contributed by atoms with van der Waals surface area (Å²) < 4.78 is 16.9. The summed E-state index contributed by atoms with van der Waals surface area (Å²) in [5, 5.41) is 0.918. The fraction of sp³-hybridized carbons (Fsp3) is 0.0833. The number of aromatic amines is 2. The molecule has 3 aromatic carbocycles. The van der Waals surface area contributed by atoms with Crippen LogP contribution in [0.2, 0.25) is 0 Å². The van der Waals surface area contributed by atoms with E-state index in [1.165, 1.54) is 0 Å². The van der Waals surface area contributed by atoms with Crippen molar-refractivity contribution in [2.24, 2.45) is 4.99 Å². The third kappa shape index (κ3) is 3.28. The van der Waals surface area contributed by atoms with Crippen molar-refractivity contribution in [3.63, 3.8) is 0 Å². The lowest BCUT2D eigenvalue weighted by atomic mass is 10.1. The molecule has 0 saturated carbocycles. The molecule has 0 amide bonds. The molecule has 0 bridgehead atoms. The minimum atomic E-state index is 0.490. The molecule has 148 valence electrons. The number of nitrogens with one attached hydrogen (secondary N) is 2. The lowest BCUT2D eigenvalue weighted by Gasteiger charge is -2.04. The van der Waals surface area contributed by atoms with E-state index in [0.717, 1.165) is 50.6 Å². The molecule has 0 atom stereocenters. The second-order valence-electron chi connectivity index (χ2n) is 6.85. The Morgan fingerprint density at radius 1 is 0.867 bits per heavy atom. The van der Waals surface area contributed by atoms with Crippen molar-refractivity contribution in [2.45, 2.75) is 0 Å². The zero-order valence-corrected chi connectivity index (χ0v) is 16.6. The first kappa shape index (κ1) is 18.0. The molecular weight excluding hydrogens is 378 g/mol. The highest BCUT2D eigenvalue weighted by atomic mass is 16.5. The number of benzene rings is 3. The molecule has 0 aliphatic rings. The average Bonchev–Trinajstić information content (AvgIpc) is 3.22. The molecule has 30 heavy (non-hydrogen) atoms. The van der Waals surface area contributed by atoms with E-state index in [1.54, 1.807) is 14.2 Å². The summed E-state index contributed by atoms with van der Waals surface area (Å²) >= 11 is 0. The van der Waals surface area contributed by atoms with Crippen LogP contribution in [0.3, 0.4) is 0 Å². The predicted molar refractivity (Wildman–Crippen MR) is 115 cm³/mol. The van der Waals surface area contributed by atoms with Crippen molar-refractivity contribution in [3.05, 3.63) is 78.4 Å². The van der Waals surface area contributed by atoms with Crippen LogP contribution >= 0.6 is 0 Å². The van der Waals surface area contributed by atoms with Crippen molar-refractivity contribution < 1.29 is 18.9 Å². The van der Waals surface area contributed by atoms with Gasteiger partial charge in [-0.15, -0.1) is 0 Å². The minimum Gasteiger partial charge on any atom is -0.497 e. The van der Waals surface area contributed by atoms with Crippen molar-refractivity contribution in [1.29, 1.82) is 0 Å². The predicted octanol–water partition coefficient (Wildman–Crippen LogP) is 4.64. The molecule has 5 aromatic rings. The van der Waals surface area contributed by atoms with E-state index in [-0.39, 0.29) is 0 Å². The van der Waals surface area contributed by atoms with Gasteiger partial charge in [0.25, 0.3) is 5.82 Å². The van der Waals surface area contributed by atoms with Crippen molar-refractivity contribution in [3.8, 4) is 22.9 Å². The number of H-pyrrole nitrogens is 2. The molecule has 0 aliphatic heterocycles. The second-order valence-corrected chi connectivity index (χ2v) is 6.85. The van der Waals surface area contributed by atoms with Gasteiger partial charge >= 0.3 is 0 Å². The van der Waals surface area contributed by atoms with E-state index in [9.17, 15) is 0 Å². The Morgan fingerprint density at radius 2 is 1.70 bits per heavy atom. The first-order valence-corrected chi connectivity index (χ1v) is 9.54. The molecule has 0 spiro atoms. The van der Waals surface area contributed by atoms with Crippen LogP contribution < -0.4 is 20.0 Å². The third-order valence-corrected chi connectivity index (χ3v) is 4.95. The fourth-order valence-corrected chi connectivity index (χ4v) is 3.43. The van der Waals surface area contributed by atoms with Crippen LogP contribution in [-0.2, 0) is 0 Å². The molecule has 0 fully saturated rings. The minimum absolute atomic E-state index is 0.490. The number of para-hydroxylation sites is 2. The van der Waals surface area contributed by atoms with Gasteiger partial charge in [0.2, 0.25) is 5.55 Å². The van der Waals surface area contributed by atoms with Gasteiger partial charge in [0, 0.05) is 11.5 Å². The van der Waals surface area contributed by atoms with Crippen molar-refractivity contribution >= 4 is 27.7 Å². The Labute approximate surface area is 172 Å². The first-order valence-electron chi connectivity index (χ1n) is 9.54. The summed E-state index contributed by atoms with van der Waals surface area (Å²) in [7, 11) is 3.29. The van der Waals surface area contributed by atoms with Gasteiger partial charge in [-0.05, 0) is 48.5 Å². The number of hydrogen-bond acceptors (Lipinski definition) is 4. The van der Waals surface area contributed by atoms with Gasteiger partial charge in [-0.1, -0.05) is 18.2 Å². The highest BCUT2D eigenvalue weighted by Gasteiger charge is 2.17. The monoisotopic (exact) mass is 398 g/mol. The van der Waals surface area contributed by atoms with Gasteiger partial charge in [-0.2, -0.15) is 0 Å². The van der Waals surface area contributed by atoms with E-state index < -0.39 is 0 Å². The average molecular weight is 398 g/mol. The van der Waals surface area contributed by atoms with Crippen LogP contribution in [0.25, 0.3) is 33.4 Å². The van der Waals surface area contributed by atoms with E-state index in [1.807, 2.05) is 72.8 Å². The smallest absolute Gasteiger partial charge is 0.290 e. The Balaban J connectivity index is 1.78. The molecule has 0 radical (unpaired) electrons. The summed E-state index contributed by atoms with van der Waals surface area (Å²) in [5.41, 5.74) is 4.77. The molecule has 0 unspecified atom stereocenters. The van der Waals surface area contributed by atoms with Gasteiger partial charge in [0.05, 0.1) is 19.9 Å². The van der Waals surface area contributed by atoms with E-state index >= 15 is 0 Å². The standard InChI is InChI=1S/C24H19N3O3/c1-28-17-7-5-6-16(14-17)25-24-19(23-26-20-8-3-4-9-21(20)27-23)13-15-12-18(29-2)10-11-22(15)30-24/h3-14H,1-2H3,(H,26,27)/p+1. The molecular formula is C24H20N3O3+. The maximum Gasteiger partial charge on any atom is 0.290 e. The lowest BCUT2D eigenvalue weighted by Crippen LogP contribution is -2.12. The lowest BCUT2D eigenvalue weighted by molar-refractivity contribution is -0.330. The van der Waals surface area contributed by atoms with E-state index in [4.69, 9.17) is 18.9 Å². The Morgan fingerprint density at radius 3 is 2.53 bits per heavy atom. The molecule has 6 heteroatoms. The quantitative estimate of drug-likeness (QED) is 0.479. The van der Waals surface area contributed by atoms with Crippen molar-refractivity contribution in [1.82, 2.24) is 4.98 Å². The summed E-state index contributed by atoms with van der Waals surface area (Å²) in [6, 6.07) is 23.3. The normalized spacial score (nSPS) is 11.9. The fourth-order valence-electron chi connectivity index (χ4n) is 3.43. The zero-order valence-electron chi connectivity index (χ0n) is 16.6. The number of imidazole rings is 1. The molecule has 6 nitrogen and oxygen atoms in total. The van der Waals surface area contributed by atoms with Crippen molar-refractivity contribution in [2.75, 3.05) is 14.2 Å². The van der Waals surface area contributed by atoms with Crippen LogP contribution in [-0.4, -0.2) is 19.2 Å². The van der Waals surface area contributed by atoms with Crippen LogP contribution in [0.5, 0.6) is 11.5 Å². The summed E-state index contributed by atoms with van der Waals surface area (Å²) in [6.45, 7) is 0. The summed E-state index contributed by atoms with van der Waals surface area (Å²) in [5.74, 6) is 2.31. The number of hydrogen-bond donors (Lipinski definition) is 1. The molecule has 2 aromatic heterocycles. The van der Waals surface area contributed by atoms with Crippen LogP contribution in [0.4, 0.5) is 5.69 Å². The summed E-state index contributed by atoms with van der Waals surface area (Å²) in [4.78, 5) is 11.6. The van der Waals surface area contributed by atoms with Crippen LogP contribution in [0.1, 0.15) is 0 Å². The molecule has 2 N–H and O–H groups in total. The Hall–Kier alpha value is -4.06. The van der Waals surface area contributed by atoms with E-state index in [0.29, 0.717) is 5.55 Å².